The van der Waals surface area contributed by atoms with Crippen LogP contribution in [0.25, 0.3) is 0 Å². The zero-order valence-corrected chi connectivity index (χ0v) is 12.3. The number of carbonyl (C=O) groups excluding carboxylic acids is 2. The molecule has 1 saturated carbocycles. The summed E-state index contributed by atoms with van der Waals surface area (Å²) in [5, 5.41) is 0. The third-order valence-corrected chi connectivity index (χ3v) is 4.31. The predicted molar refractivity (Wildman–Crippen MR) is 78.9 cm³/mol. The number of carbonyl (C=O) groups is 2. The average molecular weight is 286 g/mol. The first kappa shape index (κ1) is 14.5. The van der Waals surface area contributed by atoms with E-state index in [0.29, 0.717) is 5.92 Å². The molecule has 2 fully saturated rings. The van der Waals surface area contributed by atoms with Crippen LogP contribution in [0.15, 0.2) is 30.3 Å². The number of rotatable bonds is 5. The normalized spacial score (nSPS) is 31.2. The topological polar surface area (TPSA) is 52.6 Å². The molecule has 3 rings (SSSR count). The van der Waals surface area contributed by atoms with Crippen molar-refractivity contribution in [2.24, 2.45) is 5.92 Å². The van der Waals surface area contributed by atoms with Crippen LogP contribution in [-0.2, 0) is 25.3 Å². The third kappa shape index (κ3) is 3.09. The summed E-state index contributed by atoms with van der Waals surface area (Å²) < 4.78 is 11.4. The van der Waals surface area contributed by atoms with Gasteiger partial charge in [-0.15, -0.1) is 0 Å². The van der Waals surface area contributed by atoms with E-state index >= 15 is 0 Å². The Hall–Kier alpha value is -1.46. The Kier molecular flexibility index (Phi) is 3.96. The van der Waals surface area contributed by atoms with Crippen molar-refractivity contribution in [1.29, 1.82) is 0 Å². The van der Waals surface area contributed by atoms with Crippen LogP contribution in [0.3, 0.4) is 0 Å². The van der Waals surface area contributed by atoms with Crippen LogP contribution >= 0.6 is 0 Å². The van der Waals surface area contributed by atoms with Crippen LogP contribution < -0.4 is 0 Å². The lowest BCUT2D eigenvalue weighted by Gasteiger charge is -2.11. The van der Waals surface area contributed by atoms with Crippen LogP contribution in [0.4, 0.5) is 0 Å². The van der Waals surface area contributed by atoms with Gasteiger partial charge in [-0.25, -0.2) is 0 Å². The van der Waals surface area contributed by atoms with Crippen molar-refractivity contribution in [3.05, 3.63) is 35.9 Å². The highest BCUT2D eigenvalue weighted by atomic mass is 16.7. The van der Waals surface area contributed by atoms with E-state index in [2.05, 4.69) is 12.1 Å². The molecule has 1 aromatic rings. The Morgan fingerprint density at radius 1 is 1.10 bits per heavy atom. The molecule has 0 aromatic heterocycles. The van der Waals surface area contributed by atoms with Gasteiger partial charge in [0.05, 0.1) is 0 Å². The van der Waals surface area contributed by atoms with E-state index in [1.807, 2.05) is 18.2 Å². The molecule has 0 unspecified atom stereocenters. The molecular formula is C16H19BO4. The molecule has 1 aliphatic carbocycles. The second-order valence-electron chi connectivity index (χ2n) is 6.05. The van der Waals surface area contributed by atoms with E-state index in [9.17, 15) is 9.59 Å². The Morgan fingerprint density at radius 3 is 2.19 bits per heavy atom. The summed E-state index contributed by atoms with van der Waals surface area (Å²) in [6.45, 7) is 2.89. The van der Waals surface area contributed by atoms with E-state index in [4.69, 9.17) is 9.31 Å². The largest absolute Gasteiger partial charge is 0.461 e. The van der Waals surface area contributed by atoms with Crippen LogP contribution in [-0.4, -0.2) is 30.9 Å². The van der Waals surface area contributed by atoms with E-state index in [0.717, 1.165) is 12.8 Å². The zero-order valence-electron chi connectivity index (χ0n) is 12.3. The average Bonchev–Trinajstić information content (AvgIpc) is 3.05. The van der Waals surface area contributed by atoms with Crippen molar-refractivity contribution in [2.75, 3.05) is 0 Å². The quantitative estimate of drug-likeness (QED) is 0.777. The highest BCUT2D eigenvalue weighted by Gasteiger charge is 2.55. The molecule has 0 spiro atoms. The Morgan fingerprint density at radius 2 is 1.67 bits per heavy atom. The summed E-state index contributed by atoms with van der Waals surface area (Å²) in [6, 6.07) is 10.3. The monoisotopic (exact) mass is 286 g/mol. The van der Waals surface area contributed by atoms with Gasteiger partial charge in [0.1, 0.15) is 12.2 Å². The summed E-state index contributed by atoms with van der Waals surface area (Å²) >= 11 is 0. The first-order valence-electron chi connectivity index (χ1n) is 7.42. The first-order chi connectivity index (χ1) is 10.1. The first-order valence-corrected chi connectivity index (χ1v) is 7.42. The van der Waals surface area contributed by atoms with Crippen molar-refractivity contribution in [2.45, 2.75) is 44.7 Å². The molecule has 0 radical (unpaired) electrons. The fraction of sp³-hybridized carbons (Fsp3) is 0.500. The van der Waals surface area contributed by atoms with Gasteiger partial charge in [-0.3, -0.25) is 9.59 Å². The summed E-state index contributed by atoms with van der Waals surface area (Å²) in [6.07, 6.45) is 0.551. The molecule has 1 aromatic carbocycles. The van der Waals surface area contributed by atoms with Gasteiger partial charge >= 0.3 is 7.12 Å². The molecule has 5 heteroatoms. The van der Waals surface area contributed by atoms with Gasteiger partial charge < -0.3 is 9.31 Å². The highest BCUT2D eigenvalue weighted by molar-refractivity contribution is 6.49. The molecule has 0 N–H and O–H groups in total. The van der Waals surface area contributed by atoms with Crippen molar-refractivity contribution >= 4 is 18.7 Å². The fourth-order valence-electron chi connectivity index (χ4n) is 3.04. The molecule has 110 valence electrons. The van der Waals surface area contributed by atoms with Crippen molar-refractivity contribution < 1.29 is 18.9 Å². The Balaban J connectivity index is 1.60. The second-order valence-corrected chi connectivity index (χ2v) is 6.05. The minimum atomic E-state index is -0.731. The van der Waals surface area contributed by atoms with E-state index in [1.165, 1.54) is 19.4 Å². The molecular weight excluding hydrogens is 267 g/mol. The van der Waals surface area contributed by atoms with Crippen molar-refractivity contribution in [1.82, 2.24) is 0 Å². The lowest BCUT2D eigenvalue weighted by Crippen LogP contribution is -2.34. The van der Waals surface area contributed by atoms with E-state index in [1.54, 1.807) is 0 Å². The Bertz CT molecular complexity index is 522. The van der Waals surface area contributed by atoms with Crippen molar-refractivity contribution in [3.8, 4) is 0 Å². The summed E-state index contributed by atoms with van der Waals surface area (Å²) in [7, 11) is -0.415. The summed E-state index contributed by atoms with van der Waals surface area (Å²) in [5.74, 6) is 0.517. The molecule has 1 aliphatic heterocycles. The van der Waals surface area contributed by atoms with Gasteiger partial charge in [0, 0.05) is 0 Å². The number of benzene rings is 1. The summed E-state index contributed by atoms with van der Waals surface area (Å²) in [5.41, 5.74) is 1.30. The minimum absolute atomic E-state index is 0.141. The lowest BCUT2D eigenvalue weighted by atomic mass is 9.80. The van der Waals surface area contributed by atoms with Gasteiger partial charge in [0.25, 0.3) is 0 Å². The van der Waals surface area contributed by atoms with Crippen LogP contribution in [0.5, 0.6) is 0 Å². The van der Waals surface area contributed by atoms with Gasteiger partial charge in [0.15, 0.2) is 11.6 Å². The Labute approximate surface area is 125 Å². The second kappa shape index (κ2) is 5.74. The molecule has 4 atom stereocenters. The predicted octanol–water partition coefficient (Wildman–Crippen LogP) is 2.07. The van der Waals surface area contributed by atoms with E-state index < -0.39 is 19.3 Å². The SMILES string of the molecule is CC(=O)[C@@H]1OB([C@@H]2C[C@H]2Cc2ccccc2)O[C@H]1C(C)=O. The number of Topliss-reactive ketones (excluding diaryl/α,β-unsaturated/α-hetero) is 2. The number of ketones is 2. The molecule has 4 nitrogen and oxygen atoms in total. The molecule has 1 heterocycles. The van der Waals surface area contributed by atoms with Gasteiger partial charge in [-0.05, 0) is 44.0 Å². The molecule has 0 bridgehead atoms. The molecule has 0 amide bonds. The molecule has 2 aliphatic rings. The number of hydrogen-bond donors (Lipinski definition) is 0. The van der Waals surface area contributed by atoms with Gasteiger partial charge in [-0.2, -0.15) is 0 Å². The molecule has 1 saturated heterocycles. The third-order valence-electron chi connectivity index (χ3n) is 4.31. The summed E-state index contributed by atoms with van der Waals surface area (Å²) in [4.78, 5) is 23.1. The van der Waals surface area contributed by atoms with E-state index in [-0.39, 0.29) is 17.4 Å². The maximum Gasteiger partial charge on any atom is 0.461 e. The zero-order chi connectivity index (χ0) is 15.0. The highest BCUT2D eigenvalue weighted by Crippen LogP contribution is 2.51. The van der Waals surface area contributed by atoms with Crippen LogP contribution in [0.1, 0.15) is 25.8 Å². The molecule has 21 heavy (non-hydrogen) atoms. The minimum Gasteiger partial charge on any atom is -0.398 e. The van der Waals surface area contributed by atoms with Gasteiger partial charge in [0.2, 0.25) is 0 Å². The standard InChI is InChI=1S/C16H19BO4/c1-10(18)15-16(11(2)19)21-17(20-15)14-9-13(14)8-12-6-4-3-5-7-12/h3-7,13-16H,8-9H2,1-2H3/t13-,14-,15+,16+/m1/s1. The van der Waals surface area contributed by atoms with Crippen LogP contribution in [0.2, 0.25) is 5.82 Å². The fourth-order valence-corrected chi connectivity index (χ4v) is 3.04. The maximum absolute atomic E-state index is 11.6. The van der Waals surface area contributed by atoms with Gasteiger partial charge in [-0.1, -0.05) is 30.3 Å². The van der Waals surface area contributed by atoms with Crippen LogP contribution in [0, 0.1) is 5.92 Å². The maximum atomic E-state index is 11.6. The number of hydrogen-bond acceptors (Lipinski definition) is 4. The smallest absolute Gasteiger partial charge is 0.398 e. The van der Waals surface area contributed by atoms with Crippen molar-refractivity contribution in [3.63, 3.8) is 0 Å². The lowest BCUT2D eigenvalue weighted by molar-refractivity contribution is -0.132.